The molecule has 2 heterocycles. The summed E-state index contributed by atoms with van der Waals surface area (Å²) in [7, 11) is 3.62. The van der Waals surface area contributed by atoms with E-state index in [1.807, 2.05) is 26.2 Å². The van der Waals surface area contributed by atoms with Gasteiger partial charge in [0.2, 0.25) is 0 Å². The van der Waals surface area contributed by atoms with Gasteiger partial charge < -0.3 is 20.8 Å². The number of anilines is 1. The molecule has 0 radical (unpaired) electrons. The number of oxime groups is 1. The normalized spacial score (nSPS) is 15.8. The molecule has 0 bridgehead atoms. The first-order valence-corrected chi connectivity index (χ1v) is 9.47. The van der Waals surface area contributed by atoms with Crippen LogP contribution in [0, 0.1) is 5.41 Å². The Morgan fingerprint density at radius 2 is 2.22 bits per heavy atom. The lowest BCUT2D eigenvalue weighted by Crippen LogP contribution is -2.31. The maximum absolute atomic E-state index is 12.1. The number of nitrogens with one attached hydrogen (secondary N) is 2. The SMILES string of the molecule is CN(C)C(=N)c1ccc(C2=NOC(CNC(=O)c3ccc(Cl)s3)C2)c(N)c1. The van der Waals surface area contributed by atoms with Gasteiger partial charge in [-0.3, -0.25) is 10.2 Å². The zero-order valence-electron chi connectivity index (χ0n) is 15.0. The molecule has 0 saturated carbocycles. The van der Waals surface area contributed by atoms with Crippen molar-refractivity contribution in [1.29, 1.82) is 5.41 Å². The van der Waals surface area contributed by atoms with Gasteiger partial charge in [0.1, 0.15) is 11.9 Å². The third-order valence-corrected chi connectivity index (χ3v) is 5.33. The molecule has 1 aromatic heterocycles. The molecule has 1 aliphatic heterocycles. The Balaban J connectivity index is 1.59. The highest BCUT2D eigenvalue weighted by Crippen LogP contribution is 2.23. The molecule has 142 valence electrons. The molecule has 1 unspecified atom stereocenters. The molecule has 0 saturated heterocycles. The van der Waals surface area contributed by atoms with E-state index in [1.54, 1.807) is 23.1 Å². The second-order valence-corrected chi connectivity index (χ2v) is 8.04. The van der Waals surface area contributed by atoms with Gasteiger partial charge in [0.05, 0.1) is 21.5 Å². The number of hydrogen-bond acceptors (Lipinski definition) is 6. The predicted octanol–water partition coefficient (Wildman–Crippen LogP) is 2.79. The number of nitrogens with zero attached hydrogens (tertiary/aromatic N) is 2. The number of rotatable bonds is 5. The van der Waals surface area contributed by atoms with E-state index in [9.17, 15) is 4.79 Å². The van der Waals surface area contributed by atoms with Crippen molar-refractivity contribution in [3.63, 3.8) is 0 Å². The Hall–Kier alpha value is -2.58. The fourth-order valence-electron chi connectivity index (χ4n) is 2.66. The first-order chi connectivity index (χ1) is 12.8. The summed E-state index contributed by atoms with van der Waals surface area (Å²) in [6.07, 6.45) is 0.290. The summed E-state index contributed by atoms with van der Waals surface area (Å²) in [5.41, 5.74) is 8.94. The highest BCUT2D eigenvalue weighted by molar-refractivity contribution is 7.17. The fourth-order valence-corrected chi connectivity index (χ4v) is 3.62. The van der Waals surface area contributed by atoms with Crippen molar-refractivity contribution in [2.45, 2.75) is 12.5 Å². The third kappa shape index (κ3) is 4.40. The molecular weight excluding hydrogens is 386 g/mol. The summed E-state index contributed by atoms with van der Waals surface area (Å²) in [5.74, 6) is 0.196. The molecule has 1 amide bonds. The van der Waals surface area contributed by atoms with Crippen LogP contribution in [0.4, 0.5) is 5.69 Å². The van der Waals surface area contributed by atoms with Crippen LogP contribution < -0.4 is 11.1 Å². The van der Waals surface area contributed by atoms with Crippen LogP contribution in [0.5, 0.6) is 0 Å². The molecular formula is C18H20ClN5O2S. The van der Waals surface area contributed by atoms with Crippen molar-refractivity contribution in [3.8, 4) is 0 Å². The van der Waals surface area contributed by atoms with E-state index in [0.717, 1.165) is 16.8 Å². The van der Waals surface area contributed by atoms with Crippen LogP contribution in [0.25, 0.3) is 0 Å². The Bertz CT molecular complexity index is 909. The van der Waals surface area contributed by atoms with Crippen LogP contribution in [-0.4, -0.2) is 49.1 Å². The van der Waals surface area contributed by atoms with Crippen molar-refractivity contribution >= 4 is 46.1 Å². The van der Waals surface area contributed by atoms with Crippen LogP contribution in [0.3, 0.4) is 0 Å². The van der Waals surface area contributed by atoms with E-state index >= 15 is 0 Å². The maximum atomic E-state index is 12.1. The van der Waals surface area contributed by atoms with E-state index in [1.165, 1.54) is 11.3 Å². The van der Waals surface area contributed by atoms with E-state index in [-0.39, 0.29) is 12.0 Å². The number of hydrogen-bond donors (Lipinski definition) is 3. The number of thiophene rings is 1. The number of amidine groups is 1. The van der Waals surface area contributed by atoms with Gasteiger partial charge in [0, 0.05) is 37.3 Å². The molecule has 0 aliphatic carbocycles. The average Bonchev–Trinajstić information content (AvgIpc) is 3.28. The standard InChI is InChI=1S/C18H20ClN5O2S/c1-24(2)17(21)10-3-4-12(13(20)7-10)14-8-11(26-23-14)9-22-18(25)15-5-6-16(19)27-15/h3-7,11,21H,8-9,20H2,1-2H3,(H,22,25). The summed E-state index contributed by atoms with van der Waals surface area (Å²) >= 11 is 7.08. The lowest BCUT2D eigenvalue weighted by Gasteiger charge is -2.15. The summed E-state index contributed by atoms with van der Waals surface area (Å²) in [6.45, 7) is 0.338. The second kappa shape index (κ2) is 7.98. The maximum Gasteiger partial charge on any atom is 0.261 e. The van der Waals surface area contributed by atoms with Gasteiger partial charge in [-0.05, 0) is 18.2 Å². The monoisotopic (exact) mass is 405 g/mol. The topological polar surface area (TPSA) is 104 Å². The molecule has 1 atom stereocenters. The lowest BCUT2D eigenvalue weighted by molar-refractivity contribution is 0.0755. The molecule has 1 aliphatic rings. The van der Waals surface area contributed by atoms with Crippen molar-refractivity contribution in [2.75, 3.05) is 26.4 Å². The fraction of sp³-hybridized carbons (Fsp3) is 0.278. The Morgan fingerprint density at radius 1 is 1.44 bits per heavy atom. The van der Waals surface area contributed by atoms with Gasteiger partial charge in [-0.25, -0.2) is 0 Å². The predicted molar refractivity (Wildman–Crippen MR) is 109 cm³/mol. The Labute approximate surface area is 166 Å². The first-order valence-electron chi connectivity index (χ1n) is 8.27. The smallest absolute Gasteiger partial charge is 0.261 e. The van der Waals surface area contributed by atoms with E-state index in [0.29, 0.717) is 33.7 Å². The van der Waals surface area contributed by atoms with Crippen molar-refractivity contribution in [1.82, 2.24) is 10.2 Å². The van der Waals surface area contributed by atoms with Crippen LogP contribution >= 0.6 is 22.9 Å². The van der Waals surface area contributed by atoms with Gasteiger partial charge in [0.15, 0.2) is 0 Å². The molecule has 0 spiro atoms. The average molecular weight is 406 g/mol. The van der Waals surface area contributed by atoms with Gasteiger partial charge >= 0.3 is 0 Å². The van der Waals surface area contributed by atoms with Crippen molar-refractivity contribution in [2.24, 2.45) is 5.16 Å². The minimum Gasteiger partial charge on any atom is -0.398 e. The van der Waals surface area contributed by atoms with Gasteiger partial charge in [0.25, 0.3) is 5.91 Å². The van der Waals surface area contributed by atoms with Crippen molar-refractivity contribution in [3.05, 3.63) is 50.7 Å². The highest BCUT2D eigenvalue weighted by atomic mass is 35.5. The summed E-state index contributed by atoms with van der Waals surface area (Å²) in [6, 6.07) is 8.83. The number of halogens is 1. The molecule has 7 nitrogen and oxygen atoms in total. The zero-order valence-corrected chi connectivity index (χ0v) is 16.5. The molecule has 0 fully saturated rings. The second-order valence-electron chi connectivity index (χ2n) is 6.33. The van der Waals surface area contributed by atoms with Gasteiger partial charge in [-0.15, -0.1) is 11.3 Å². The quantitative estimate of drug-likeness (QED) is 0.404. The number of nitrogens with two attached hydrogens (primary N) is 1. The number of carbonyl (C=O) groups excluding carboxylic acids is 1. The van der Waals surface area contributed by atoms with Gasteiger partial charge in [-0.2, -0.15) is 0 Å². The number of nitrogen functional groups attached to an aromatic ring is 1. The number of carbonyl (C=O) groups is 1. The van der Waals surface area contributed by atoms with Crippen LogP contribution in [0.15, 0.2) is 35.5 Å². The molecule has 4 N–H and O–H groups in total. The summed E-state index contributed by atoms with van der Waals surface area (Å²) in [5, 5.41) is 15.0. The molecule has 9 heteroatoms. The summed E-state index contributed by atoms with van der Waals surface area (Å²) in [4.78, 5) is 19.8. The molecule has 3 rings (SSSR count). The third-order valence-electron chi connectivity index (χ3n) is 4.10. The first kappa shape index (κ1) is 19.2. The Kier molecular flexibility index (Phi) is 5.67. The van der Waals surface area contributed by atoms with E-state index in [2.05, 4.69) is 10.5 Å². The molecule has 27 heavy (non-hydrogen) atoms. The summed E-state index contributed by atoms with van der Waals surface area (Å²) < 4.78 is 0.573. The largest absolute Gasteiger partial charge is 0.398 e. The number of amides is 1. The van der Waals surface area contributed by atoms with Gasteiger partial charge in [-0.1, -0.05) is 28.9 Å². The lowest BCUT2D eigenvalue weighted by atomic mass is 10.0. The van der Waals surface area contributed by atoms with Crippen molar-refractivity contribution < 1.29 is 9.63 Å². The minimum atomic E-state index is -0.251. The van der Waals surface area contributed by atoms with E-state index < -0.39 is 0 Å². The Morgan fingerprint density at radius 3 is 2.85 bits per heavy atom. The van der Waals surface area contributed by atoms with Crippen LogP contribution in [-0.2, 0) is 4.84 Å². The van der Waals surface area contributed by atoms with Crippen LogP contribution in [0.1, 0.15) is 27.2 Å². The number of benzene rings is 1. The van der Waals surface area contributed by atoms with Crippen LogP contribution in [0.2, 0.25) is 4.34 Å². The zero-order chi connectivity index (χ0) is 19.6. The van der Waals surface area contributed by atoms with E-state index in [4.69, 9.17) is 27.6 Å². The minimum absolute atomic E-state index is 0.185. The molecule has 2 aromatic rings. The highest BCUT2D eigenvalue weighted by Gasteiger charge is 2.24. The molecule has 1 aromatic carbocycles.